The molecule has 0 rings (SSSR count). The fraction of sp³-hybridized carbons (Fsp3) is 0.900. The van der Waals surface area contributed by atoms with E-state index in [1.807, 2.05) is 0 Å². The third-order valence-electron chi connectivity index (χ3n) is 2.02. The average molecular weight is 231 g/mol. The fourth-order valence-corrected chi connectivity index (χ4v) is 2.78. The Bertz CT molecular complexity index is 223. The minimum atomic E-state index is -1.26. The molecule has 4 nitrogen and oxygen atoms in total. The summed E-state index contributed by atoms with van der Waals surface area (Å²) in [5.74, 6) is 0.329. The molecule has 5 heteroatoms. The van der Waals surface area contributed by atoms with Crippen LogP contribution < -0.4 is 0 Å². The summed E-state index contributed by atoms with van der Waals surface area (Å²) in [6.45, 7) is 6.56. The number of Topliss-reactive ketones (excluding diaryl/α,β-unsaturated/α-hetero) is 1. The van der Waals surface area contributed by atoms with Crippen LogP contribution in [0.2, 0.25) is 25.7 Å². The number of carbonyl (C=O) groups excluding carboxylic acids is 1. The van der Waals surface area contributed by atoms with Crippen molar-refractivity contribution in [2.75, 3.05) is 6.54 Å². The first-order chi connectivity index (χ1) is 6.81. The molecular formula is C10H21NO3Si. The number of hydrogen-bond acceptors (Lipinski definition) is 3. The van der Waals surface area contributed by atoms with Gasteiger partial charge in [0.25, 0.3) is 0 Å². The second-order valence-corrected chi connectivity index (χ2v) is 10.6. The number of nitrogens with zero attached hydrogens (tertiary/aromatic N) is 1. The Labute approximate surface area is 92.2 Å². The van der Waals surface area contributed by atoms with Gasteiger partial charge in [-0.3, -0.25) is 10.1 Å². The van der Waals surface area contributed by atoms with Crippen molar-refractivity contribution in [3.63, 3.8) is 0 Å². The first kappa shape index (κ1) is 14.3. The Morgan fingerprint density at radius 3 is 2.27 bits per heavy atom. The van der Waals surface area contributed by atoms with Gasteiger partial charge in [0.15, 0.2) is 0 Å². The topological polar surface area (TPSA) is 60.2 Å². The molecule has 0 aromatic carbocycles. The number of unbranched alkanes of at least 4 members (excludes halogenated alkanes) is 2. The maximum Gasteiger partial charge on any atom is 0.203 e. The van der Waals surface area contributed by atoms with Crippen LogP contribution in [-0.2, 0) is 4.79 Å². The average Bonchev–Trinajstić information content (AvgIpc) is 1.99. The van der Waals surface area contributed by atoms with Crippen LogP contribution in [0.25, 0.3) is 0 Å². The van der Waals surface area contributed by atoms with Crippen LogP contribution in [0.4, 0.5) is 0 Å². The molecule has 0 aromatic heterocycles. The van der Waals surface area contributed by atoms with E-state index in [1.165, 1.54) is 0 Å². The van der Waals surface area contributed by atoms with Gasteiger partial charge >= 0.3 is 0 Å². The molecule has 0 spiro atoms. The monoisotopic (exact) mass is 231 g/mol. The number of ketones is 1. The van der Waals surface area contributed by atoms with E-state index >= 15 is 0 Å². The highest BCUT2D eigenvalue weighted by Gasteiger charge is 2.17. The quantitative estimate of drug-likeness (QED) is 0.279. The number of carbonyl (C=O) groups is 1. The minimum absolute atomic E-state index is 0.0300. The van der Waals surface area contributed by atoms with Gasteiger partial charge in [-0.2, -0.15) is 0 Å². The lowest BCUT2D eigenvalue weighted by atomic mass is 10.1. The van der Waals surface area contributed by atoms with Gasteiger partial charge in [0, 0.05) is 23.8 Å². The van der Waals surface area contributed by atoms with E-state index in [2.05, 4.69) is 19.6 Å². The highest BCUT2D eigenvalue weighted by molar-refractivity contribution is 6.78. The Hall–Kier alpha value is -0.713. The lowest BCUT2D eigenvalue weighted by Crippen LogP contribution is -2.23. The van der Waals surface area contributed by atoms with Crippen LogP contribution in [0.3, 0.4) is 0 Å². The van der Waals surface area contributed by atoms with E-state index in [-0.39, 0.29) is 11.5 Å². The fourth-order valence-electron chi connectivity index (χ4n) is 1.42. The first-order valence-corrected chi connectivity index (χ1v) is 9.15. The summed E-state index contributed by atoms with van der Waals surface area (Å²) in [6, 6.07) is 0.738. The maximum absolute atomic E-state index is 11.5. The smallest absolute Gasteiger partial charge is 0.203 e. The van der Waals surface area contributed by atoms with Gasteiger partial charge < -0.3 is 4.79 Å². The zero-order valence-corrected chi connectivity index (χ0v) is 10.9. The highest BCUT2D eigenvalue weighted by Crippen LogP contribution is 2.12. The number of rotatable bonds is 8. The molecule has 15 heavy (non-hydrogen) atoms. The van der Waals surface area contributed by atoms with E-state index in [9.17, 15) is 14.9 Å². The van der Waals surface area contributed by atoms with Gasteiger partial charge in [-0.15, -0.1) is 0 Å². The van der Waals surface area contributed by atoms with Crippen molar-refractivity contribution in [2.45, 2.75) is 51.4 Å². The lowest BCUT2D eigenvalue weighted by Gasteiger charge is -2.13. The standard InChI is InChI=1S/C10H21NO3Si/c1-15(2,3)9-10(12)7-5-4-6-8-11(13)14/h4-9H2,1-3H3. The zero-order chi connectivity index (χ0) is 11.9. The predicted octanol–water partition coefficient (Wildman–Crippen LogP) is 2.73. The molecular weight excluding hydrogens is 210 g/mol. The van der Waals surface area contributed by atoms with E-state index in [1.54, 1.807) is 0 Å². The summed E-state index contributed by atoms with van der Waals surface area (Å²) in [5.41, 5.74) is 0. The van der Waals surface area contributed by atoms with Crippen molar-refractivity contribution < 1.29 is 9.72 Å². The van der Waals surface area contributed by atoms with Crippen molar-refractivity contribution in [2.24, 2.45) is 0 Å². The van der Waals surface area contributed by atoms with Gasteiger partial charge in [-0.25, -0.2) is 0 Å². The molecule has 0 amide bonds. The zero-order valence-electron chi connectivity index (χ0n) is 9.91. The Morgan fingerprint density at radius 1 is 1.20 bits per heavy atom. The Morgan fingerprint density at radius 2 is 1.80 bits per heavy atom. The van der Waals surface area contributed by atoms with E-state index in [4.69, 9.17) is 0 Å². The summed E-state index contributed by atoms with van der Waals surface area (Å²) in [6.07, 6.45) is 2.78. The van der Waals surface area contributed by atoms with Crippen molar-refractivity contribution in [3.05, 3.63) is 10.1 Å². The molecule has 0 aliphatic rings. The summed E-state index contributed by atoms with van der Waals surface area (Å²) in [7, 11) is -1.26. The molecule has 0 unspecified atom stereocenters. The van der Waals surface area contributed by atoms with Crippen LogP contribution >= 0.6 is 0 Å². The van der Waals surface area contributed by atoms with E-state index < -0.39 is 8.07 Å². The second kappa shape index (κ2) is 6.71. The summed E-state index contributed by atoms with van der Waals surface area (Å²) in [5, 5.41) is 10.0. The van der Waals surface area contributed by atoms with Gasteiger partial charge in [0.05, 0.1) is 8.07 Å². The normalized spacial score (nSPS) is 11.4. The van der Waals surface area contributed by atoms with Crippen LogP contribution in [0.1, 0.15) is 25.7 Å². The van der Waals surface area contributed by atoms with Crippen molar-refractivity contribution in [1.29, 1.82) is 0 Å². The van der Waals surface area contributed by atoms with Gasteiger partial charge in [0.1, 0.15) is 5.78 Å². The molecule has 0 aliphatic heterocycles. The molecule has 0 fully saturated rings. The summed E-state index contributed by atoms with van der Waals surface area (Å²) >= 11 is 0. The van der Waals surface area contributed by atoms with Crippen LogP contribution in [0.15, 0.2) is 0 Å². The van der Waals surface area contributed by atoms with Gasteiger partial charge in [0.2, 0.25) is 6.54 Å². The highest BCUT2D eigenvalue weighted by atomic mass is 28.3. The predicted molar refractivity (Wildman–Crippen MR) is 63.5 cm³/mol. The molecule has 0 radical (unpaired) electrons. The Balaban J connectivity index is 3.44. The SMILES string of the molecule is C[Si](C)(C)CC(=O)CCCCC[N+](=O)[O-]. The van der Waals surface area contributed by atoms with Crippen molar-refractivity contribution in [3.8, 4) is 0 Å². The number of nitro groups is 1. The minimum Gasteiger partial charge on any atom is -0.300 e. The van der Waals surface area contributed by atoms with Crippen LogP contribution in [0, 0.1) is 10.1 Å². The molecule has 0 atom stereocenters. The van der Waals surface area contributed by atoms with Gasteiger partial charge in [-0.1, -0.05) is 19.6 Å². The van der Waals surface area contributed by atoms with Gasteiger partial charge in [-0.05, 0) is 12.8 Å². The number of hydrogen-bond donors (Lipinski definition) is 0. The maximum atomic E-state index is 11.5. The largest absolute Gasteiger partial charge is 0.300 e. The molecule has 88 valence electrons. The van der Waals surface area contributed by atoms with Crippen molar-refractivity contribution >= 4 is 13.9 Å². The third-order valence-corrected chi connectivity index (χ3v) is 3.48. The second-order valence-electron chi connectivity index (χ2n) is 5.14. The molecule has 0 saturated heterocycles. The van der Waals surface area contributed by atoms with E-state index in [0.717, 1.165) is 18.9 Å². The molecule has 0 heterocycles. The van der Waals surface area contributed by atoms with Crippen LogP contribution in [0.5, 0.6) is 0 Å². The molecule has 0 bridgehead atoms. The molecule has 0 aromatic rings. The Kier molecular flexibility index (Phi) is 6.39. The summed E-state index contributed by atoms with van der Waals surface area (Å²) < 4.78 is 0. The van der Waals surface area contributed by atoms with Crippen LogP contribution in [-0.4, -0.2) is 25.3 Å². The molecule has 0 aliphatic carbocycles. The first-order valence-electron chi connectivity index (χ1n) is 5.45. The van der Waals surface area contributed by atoms with Crippen molar-refractivity contribution in [1.82, 2.24) is 0 Å². The lowest BCUT2D eigenvalue weighted by molar-refractivity contribution is -0.480. The summed E-state index contributed by atoms with van der Waals surface area (Å²) in [4.78, 5) is 21.2. The third kappa shape index (κ3) is 11.2. The molecule has 0 saturated carbocycles. The van der Waals surface area contributed by atoms with E-state index in [0.29, 0.717) is 18.6 Å². The molecule has 0 N–H and O–H groups in total.